The zero-order chi connectivity index (χ0) is 11.5. The molecule has 3 N–H and O–H groups in total. The minimum absolute atomic E-state index is 0.220. The molecule has 1 aromatic rings. The van der Waals surface area contributed by atoms with Crippen LogP contribution in [0.15, 0.2) is 6.20 Å². The Balaban J connectivity index is 1.97. The average Bonchev–Trinajstić information content (AvgIpc) is 2.87. The van der Waals surface area contributed by atoms with E-state index in [2.05, 4.69) is 10.3 Å². The summed E-state index contributed by atoms with van der Waals surface area (Å²) >= 11 is 1.05. The van der Waals surface area contributed by atoms with Crippen LogP contribution in [-0.2, 0) is 9.53 Å². The molecule has 0 spiro atoms. The molecule has 1 saturated heterocycles. The minimum atomic E-state index is -0.546. The van der Waals surface area contributed by atoms with Crippen LogP contribution in [0.25, 0.3) is 0 Å². The number of primary amides is 1. The lowest BCUT2D eigenvalue weighted by Crippen LogP contribution is -2.26. The maximum absolute atomic E-state index is 11.6. The first-order chi connectivity index (χ1) is 7.66. The number of nitrogens with two attached hydrogens (primary N) is 1. The number of amides is 2. The van der Waals surface area contributed by atoms with E-state index in [9.17, 15) is 9.59 Å². The molecule has 1 aliphatic heterocycles. The molecular formula is C9H11N3O3S. The fraction of sp³-hybridized carbons (Fsp3) is 0.444. The summed E-state index contributed by atoms with van der Waals surface area (Å²) in [5.41, 5.74) is 5.07. The number of anilines is 1. The second kappa shape index (κ2) is 4.58. The number of ether oxygens (including phenoxy) is 1. The molecule has 1 aromatic heterocycles. The third kappa shape index (κ3) is 2.37. The second-order valence-corrected chi connectivity index (χ2v) is 4.42. The lowest BCUT2D eigenvalue weighted by Gasteiger charge is -2.07. The lowest BCUT2D eigenvalue weighted by atomic mass is 10.2. The van der Waals surface area contributed by atoms with Gasteiger partial charge in [0, 0.05) is 6.61 Å². The highest BCUT2D eigenvalue weighted by molar-refractivity contribution is 7.17. The quantitative estimate of drug-likeness (QED) is 0.798. The van der Waals surface area contributed by atoms with Gasteiger partial charge in [0.25, 0.3) is 11.8 Å². The van der Waals surface area contributed by atoms with E-state index >= 15 is 0 Å². The number of nitrogens with one attached hydrogen (secondary N) is 1. The van der Waals surface area contributed by atoms with Gasteiger partial charge in [-0.25, -0.2) is 4.98 Å². The van der Waals surface area contributed by atoms with Crippen molar-refractivity contribution in [3.05, 3.63) is 11.1 Å². The number of nitrogens with zero attached hydrogens (tertiary/aromatic N) is 1. The molecule has 1 atom stereocenters. The molecule has 0 aromatic carbocycles. The van der Waals surface area contributed by atoms with Crippen molar-refractivity contribution >= 4 is 28.3 Å². The van der Waals surface area contributed by atoms with Crippen LogP contribution < -0.4 is 11.1 Å². The van der Waals surface area contributed by atoms with Crippen LogP contribution in [0.2, 0.25) is 0 Å². The van der Waals surface area contributed by atoms with Gasteiger partial charge in [0.15, 0.2) is 5.13 Å². The summed E-state index contributed by atoms with van der Waals surface area (Å²) in [5, 5.41) is 2.96. The molecule has 16 heavy (non-hydrogen) atoms. The first-order valence-electron chi connectivity index (χ1n) is 4.85. The van der Waals surface area contributed by atoms with Crippen LogP contribution in [0.1, 0.15) is 22.5 Å². The first kappa shape index (κ1) is 11.0. The molecule has 0 aliphatic carbocycles. The van der Waals surface area contributed by atoms with E-state index in [1.807, 2.05) is 0 Å². The summed E-state index contributed by atoms with van der Waals surface area (Å²) in [7, 11) is 0. The van der Waals surface area contributed by atoms with Crippen molar-refractivity contribution in [3.8, 4) is 0 Å². The Morgan fingerprint density at radius 1 is 1.62 bits per heavy atom. The van der Waals surface area contributed by atoms with Gasteiger partial charge in [0.05, 0.1) is 6.20 Å². The molecule has 6 nitrogen and oxygen atoms in total. The van der Waals surface area contributed by atoms with Crippen molar-refractivity contribution in [1.82, 2.24) is 4.98 Å². The SMILES string of the molecule is NC(=O)c1cnc(NC(=O)C2CCCO2)s1. The van der Waals surface area contributed by atoms with Crippen LogP contribution in [0.5, 0.6) is 0 Å². The highest BCUT2D eigenvalue weighted by Crippen LogP contribution is 2.19. The summed E-state index contributed by atoms with van der Waals surface area (Å²) in [6, 6.07) is 0. The second-order valence-electron chi connectivity index (χ2n) is 3.38. The fourth-order valence-electron chi connectivity index (χ4n) is 1.42. The highest BCUT2D eigenvalue weighted by atomic mass is 32.1. The van der Waals surface area contributed by atoms with Gasteiger partial charge in [0.1, 0.15) is 11.0 Å². The van der Waals surface area contributed by atoms with Gasteiger partial charge >= 0.3 is 0 Å². The molecule has 86 valence electrons. The molecule has 1 unspecified atom stereocenters. The Hall–Kier alpha value is -1.47. The third-order valence-electron chi connectivity index (χ3n) is 2.20. The van der Waals surface area contributed by atoms with Crippen molar-refractivity contribution in [2.24, 2.45) is 5.73 Å². The summed E-state index contributed by atoms with van der Waals surface area (Å²) in [4.78, 5) is 26.6. The van der Waals surface area contributed by atoms with E-state index in [4.69, 9.17) is 10.5 Å². The zero-order valence-corrected chi connectivity index (χ0v) is 9.25. The van der Waals surface area contributed by atoms with Crippen molar-refractivity contribution in [3.63, 3.8) is 0 Å². The molecule has 1 fully saturated rings. The number of hydrogen-bond acceptors (Lipinski definition) is 5. The summed E-state index contributed by atoms with van der Waals surface area (Å²) in [5.74, 6) is -0.766. The molecule has 2 heterocycles. The number of hydrogen-bond donors (Lipinski definition) is 2. The summed E-state index contributed by atoms with van der Waals surface area (Å²) in [6.07, 6.45) is 2.56. The lowest BCUT2D eigenvalue weighted by molar-refractivity contribution is -0.124. The minimum Gasteiger partial charge on any atom is -0.368 e. The van der Waals surface area contributed by atoms with Crippen molar-refractivity contribution in [1.29, 1.82) is 0 Å². The Bertz CT molecular complexity index is 412. The van der Waals surface area contributed by atoms with Gasteiger partial charge in [-0.1, -0.05) is 11.3 Å². The van der Waals surface area contributed by atoms with Gasteiger partial charge in [-0.15, -0.1) is 0 Å². The molecule has 2 rings (SSSR count). The summed E-state index contributed by atoms with van der Waals surface area (Å²) < 4.78 is 5.21. The Morgan fingerprint density at radius 2 is 2.44 bits per heavy atom. The molecular weight excluding hydrogens is 230 g/mol. The average molecular weight is 241 g/mol. The Morgan fingerprint density at radius 3 is 3.00 bits per heavy atom. The van der Waals surface area contributed by atoms with Crippen LogP contribution in [-0.4, -0.2) is 29.5 Å². The third-order valence-corrected chi connectivity index (χ3v) is 3.13. The Kier molecular flexibility index (Phi) is 3.16. The van der Waals surface area contributed by atoms with Crippen molar-refractivity contribution in [2.75, 3.05) is 11.9 Å². The first-order valence-corrected chi connectivity index (χ1v) is 5.66. The zero-order valence-electron chi connectivity index (χ0n) is 8.43. The number of carbonyl (C=O) groups is 2. The van der Waals surface area contributed by atoms with E-state index in [1.54, 1.807) is 0 Å². The number of carbonyl (C=O) groups excluding carboxylic acids is 2. The number of rotatable bonds is 3. The van der Waals surface area contributed by atoms with E-state index in [0.29, 0.717) is 16.6 Å². The van der Waals surface area contributed by atoms with Crippen molar-refractivity contribution < 1.29 is 14.3 Å². The molecule has 1 aliphatic rings. The number of thiazole rings is 1. The normalized spacial score (nSPS) is 19.6. The molecule has 2 amide bonds. The van der Waals surface area contributed by atoms with Crippen molar-refractivity contribution in [2.45, 2.75) is 18.9 Å². The van der Waals surface area contributed by atoms with E-state index in [-0.39, 0.29) is 5.91 Å². The molecule has 0 radical (unpaired) electrons. The topological polar surface area (TPSA) is 94.3 Å². The highest BCUT2D eigenvalue weighted by Gasteiger charge is 2.24. The van der Waals surface area contributed by atoms with Crippen LogP contribution in [0.3, 0.4) is 0 Å². The van der Waals surface area contributed by atoms with Gasteiger partial charge < -0.3 is 10.5 Å². The van der Waals surface area contributed by atoms with Gasteiger partial charge in [-0.3, -0.25) is 14.9 Å². The largest absolute Gasteiger partial charge is 0.368 e. The fourth-order valence-corrected chi connectivity index (χ4v) is 2.09. The molecule has 0 saturated carbocycles. The maximum Gasteiger partial charge on any atom is 0.260 e. The van der Waals surface area contributed by atoms with E-state index in [1.165, 1.54) is 6.20 Å². The predicted octanol–water partition coefficient (Wildman–Crippen LogP) is 0.359. The van der Waals surface area contributed by atoms with E-state index < -0.39 is 12.0 Å². The maximum atomic E-state index is 11.6. The standard InChI is InChI=1S/C9H11N3O3S/c10-7(13)6-4-11-9(16-6)12-8(14)5-2-1-3-15-5/h4-5H,1-3H2,(H2,10,13)(H,11,12,14). The predicted molar refractivity (Wildman–Crippen MR) is 58.2 cm³/mol. The summed E-state index contributed by atoms with van der Waals surface area (Å²) in [6.45, 7) is 0.614. The van der Waals surface area contributed by atoms with Gasteiger partial charge in [-0.2, -0.15) is 0 Å². The van der Waals surface area contributed by atoms with Crippen LogP contribution >= 0.6 is 11.3 Å². The smallest absolute Gasteiger partial charge is 0.260 e. The number of aromatic nitrogens is 1. The van der Waals surface area contributed by atoms with E-state index in [0.717, 1.165) is 24.2 Å². The monoisotopic (exact) mass is 241 g/mol. The van der Waals surface area contributed by atoms with Gasteiger partial charge in [-0.05, 0) is 12.8 Å². The Labute approximate surface area is 95.8 Å². The van der Waals surface area contributed by atoms with Gasteiger partial charge in [0.2, 0.25) is 0 Å². The van der Waals surface area contributed by atoms with Crippen LogP contribution in [0.4, 0.5) is 5.13 Å². The molecule has 0 bridgehead atoms. The van der Waals surface area contributed by atoms with Crippen LogP contribution in [0, 0.1) is 0 Å². The molecule has 7 heteroatoms.